The number of fused-ring (bicyclic) bond motifs is 2. The third-order valence-electron chi connectivity index (χ3n) is 6.32. The summed E-state index contributed by atoms with van der Waals surface area (Å²) in [5, 5.41) is 3.27. The van der Waals surface area contributed by atoms with Crippen molar-refractivity contribution in [3.05, 3.63) is 29.8 Å². The lowest BCUT2D eigenvalue weighted by molar-refractivity contribution is -0.225. The fourth-order valence-electron chi connectivity index (χ4n) is 4.81. The summed E-state index contributed by atoms with van der Waals surface area (Å²) in [7, 11) is 0. The van der Waals surface area contributed by atoms with E-state index >= 15 is 0 Å². The second-order valence-electron chi connectivity index (χ2n) is 7.83. The molecule has 6 heteroatoms. The summed E-state index contributed by atoms with van der Waals surface area (Å²) >= 11 is 1.86. The highest BCUT2D eigenvalue weighted by molar-refractivity contribution is 7.99. The average molecular weight is 383 g/mol. The molecule has 138 valence electrons. The Labute approximate surface area is 160 Å². The number of nitrogens with one attached hydrogen (secondary N) is 1. The van der Waals surface area contributed by atoms with Gasteiger partial charge in [-0.15, -0.1) is 24.2 Å². The summed E-state index contributed by atoms with van der Waals surface area (Å²) < 4.78 is 5.92. The van der Waals surface area contributed by atoms with Crippen molar-refractivity contribution in [3.8, 4) is 0 Å². The SMILES string of the molecule is CC1(C)C2OCCCC2C1(N)C(=O)NC1CCSc2ccccc21.Cl. The lowest BCUT2D eigenvalue weighted by atomic mass is 9.46. The van der Waals surface area contributed by atoms with Crippen LogP contribution in [0.1, 0.15) is 44.7 Å². The molecule has 3 aliphatic rings. The van der Waals surface area contributed by atoms with Crippen LogP contribution in [-0.2, 0) is 9.53 Å². The van der Waals surface area contributed by atoms with Crippen molar-refractivity contribution in [2.75, 3.05) is 12.4 Å². The zero-order valence-electron chi connectivity index (χ0n) is 14.8. The van der Waals surface area contributed by atoms with Gasteiger partial charge in [0, 0.05) is 28.6 Å². The molecule has 1 amide bonds. The van der Waals surface area contributed by atoms with Crippen LogP contribution in [0.5, 0.6) is 0 Å². The molecule has 2 fully saturated rings. The van der Waals surface area contributed by atoms with Crippen LogP contribution in [0.4, 0.5) is 0 Å². The molecule has 4 unspecified atom stereocenters. The number of thioether (sulfide) groups is 1. The van der Waals surface area contributed by atoms with Crippen LogP contribution in [-0.4, -0.2) is 29.9 Å². The molecule has 1 aliphatic carbocycles. The maximum atomic E-state index is 13.2. The Balaban J connectivity index is 0.00000182. The third-order valence-corrected chi connectivity index (χ3v) is 7.45. The standard InChI is InChI=1S/C19H26N2O2S.ClH/c1-18(2)16-13(7-5-10-23-16)19(18,20)17(22)21-14-9-11-24-15-8-4-3-6-12(14)15;/h3-4,6,8,13-14,16H,5,7,9-11,20H2,1-2H3,(H,21,22);1H. The van der Waals surface area contributed by atoms with E-state index in [1.807, 2.05) is 17.8 Å². The first kappa shape index (κ1) is 19.0. The van der Waals surface area contributed by atoms with E-state index < -0.39 is 5.54 Å². The van der Waals surface area contributed by atoms with Gasteiger partial charge in [-0.05, 0) is 30.9 Å². The Kier molecular flexibility index (Phi) is 5.15. The molecule has 1 aromatic carbocycles. The smallest absolute Gasteiger partial charge is 0.241 e. The Bertz CT molecular complexity index is 669. The Morgan fingerprint density at radius 2 is 2.08 bits per heavy atom. The van der Waals surface area contributed by atoms with Gasteiger partial charge in [-0.1, -0.05) is 32.0 Å². The molecular formula is C19H27ClN2O2S. The highest BCUT2D eigenvalue weighted by atomic mass is 35.5. The van der Waals surface area contributed by atoms with Gasteiger partial charge in [-0.3, -0.25) is 4.79 Å². The molecule has 4 rings (SSSR count). The first-order chi connectivity index (χ1) is 11.5. The van der Waals surface area contributed by atoms with Crippen LogP contribution >= 0.6 is 24.2 Å². The molecule has 3 N–H and O–H groups in total. The molecule has 4 atom stereocenters. The monoisotopic (exact) mass is 382 g/mol. The normalized spacial score (nSPS) is 35.4. The minimum atomic E-state index is -0.836. The van der Waals surface area contributed by atoms with Crippen molar-refractivity contribution in [2.45, 2.75) is 55.7 Å². The number of carbonyl (C=O) groups is 1. The predicted octanol–water partition coefficient (Wildman–Crippen LogP) is 3.29. The van der Waals surface area contributed by atoms with Gasteiger partial charge in [0.1, 0.15) is 5.54 Å². The molecule has 0 bridgehead atoms. The summed E-state index contributed by atoms with van der Waals surface area (Å²) in [5.74, 6) is 1.15. The van der Waals surface area contributed by atoms with E-state index in [0.29, 0.717) is 0 Å². The molecule has 0 spiro atoms. The molecule has 0 aromatic heterocycles. The Hall–Kier alpha value is -0.750. The largest absolute Gasteiger partial charge is 0.377 e. The van der Waals surface area contributed by atoms with E-state index in [0.717, 1.165) is 31.6 Å². The maximum Gasteiger partial charge on any atom is 0.241 e. The predicted molar refractivity (Wildman–Crippen MR) is 103 cm³/mol. The summed E-state index contributed by atoms with van der Waals surface area (Å²) in [5.41, 5.74) is 6.78. The third kappa shape index (κ3) is 2.71. The van der Waals surface area contributed by atoms with Crippen molar-refractivity contribution in [3.63, 3.8) is 0 Å². The second-order valence-corrected chi connectivity index (χ2v) is 8.97. The van der Waals surface area contributed by atoms with E-state index in [1.165, 1.54) is 10.5 Å². The van der Waals surface area contributed by atoms with Crippen LogP contribution in [0.15, 0.2) is 29.2 Å². The van der Waals surface area contributed by atoms with Crippen LogP contribution in [0.25, 0.3) is 0 Å². The summed E-state index contributed by atoms with van der Waals surface area (Å²) in [6, 6.07) is 8.41. The van der Waals surface area contributed by atoms with Crippen LogP contribution in [0.2, 0.25) is 0 Å². The molecule has 1 aromatic rings. The molecule has 0 radical (unpaired) electrons. The fraction of sp³-hybridized carbons (Fsp3) is 0.632. The van der Waals surface area contributed by atoms with E-state index in [9.17, 15) is 4.79 Å². The Morgan fingerprint density at radius 1 is 1.32 bits per heavy atom. The number of rotatable bonds is 2. The van der Waals surface area contributed by atoms with Gasteiger partial charge in [0.25, 0.3) is 0 Å². The summed E-state index contributed by atoms with van der Waals surface area (Å²) in [6.45, 7) is 4.93. The number of hydrogen-bond donors (Lipinski definition) is 2. The van der Waals surface area contributed by atoms with Crippen molar-refractivity contribution < 1.29 is 9.53 Å². The molecule has 2 aliphatic heterocycles. The van der Waals surface area contributed by atoms with Gasteiger partial charge in [0.15, 0.2) is 0 Å². The first-order valence-corrected chi connectivity index (χ1v) is 9.88. The van der Waals surface area contributed by atoms with Gasteiger partial charge in [0.2, 0.25) is 5.91 Å². The van der Waals surface area contributed by atoms with Crippen LogP contribution in [0, 0.1) is 11.3 Å². The Morgan fingerprint density at radius 3 is 2.88 bits per heavy atom. The van der Waals surface area contributed by atoms with Gasteiger partial charge < -0.3 is 15.8 Å². The number of hydrogen-bond acceptors (Lipinski definition) is 4. The summed E-state index contributed by atoms with van der Waals surface area (Å²) in [4.78, 5) is 14.5. The number of amides is 1. The van der Waals surface area contributed by atoms with Crippen molar-refractivity contribution in [1.82, 2.24) is 5.32 Å². The highest BCUT2D eigenvalue weighted by Gasteiger charge is 2.70. The fourth-order valence-corrected chi connectivity index (χ4v) is 5.93. The summed E-state index contributed by atoms with van der Waals surface area (Å²) in [6.07, 6.45) is 3.03. The molecule has 4 nitrogen and oxygen atoms in total. The molecule has 25 heavy (non-hydrogen) atoms. The molecule has 2 heterocycles. The van der Waals surface area contributed by atoms with Crippen LogP contribution in [0.3, 0.4) is 0 Å². The number of nitrogens with two attached hydrogens (primary N) is 1. The van der Waals surface area contributed by atoms with Crippen LogP contribution < -0.4 is 11.1 Å². The second kappa shape index (κ2) is 6.76. The van der Waals surface area contributed by atoms with E-state index in [-0.39, 0.29) is 41.8 Å². The van der Waals surface area contributed by atoms with Gasteiger partial charge in [-0.2, -0.15) is 0 Å². The molecular weight excluding hydrogens is 356 g/mol. The van der Waals surface area contributed by atoms with Gasteiger partial charge in [-0.25, -0.2) is 0 Å². The van der Waals surface area contributed by atoms with Crippen molar-refractivity contribution >= 4 is 30.1 Å². The first-order valence-electron chi connectivity index (χ1n) is 8.89. The maximum absolute atomic E-state index is 13.2. The van der Waals surface area contributed by atoms with Crippen molar-refractivity contribution in [1.29, 1.82) is 0 Å². The average Bonchev–Trinajstić information content (AvgIpc) is 2.61. The number of carbonyl (C=O) groups excluding carboxylic acids is 1. The number of benzene rings is 1. The topological polar surface area (TPSA) is 64.3 Å². The quantitative estimate of drug-likeness (QED) is 0.823. The zero-order valence-corrected chi connectivity index (χ0v) is 16.4. The minimum absolute atomic E-state index is 0. The van der Waals surface area contributed by atoms with E-state index in [4.69, 9.17) is 10.5 Å². The molecule has 1 saturated carbocycles. The number of halogens is 1. The minimum Gasteiger partial charge on any atom is -0.377 e. The highest BCUT2D eigenvalue weighted by Crippen LogP contribution is 2.57. The molecule has 1 saturated heterocycles. The van der Waals surface area contributed by atoms with Gasteiger partial charge in [0.05, 0.1) is 12.1 Å². The van der Waals surface area contributed by atoms with E-state index in [2.05, 4.69) is 37.4 Å². The van der Waals surface area contributed by atoms with Gasteiger partial charge >= 0.3 is 0 Å². The van der Waals surface area contributed by atoms with Crippen molar-refractivity contribution in [2.24, 2.45) is 17.1 Å². The number of ether oxygens (including phenoxy) is 1. The lowest BCUT2D eigenvalue weighted by Crippen LogP contribution is -2.82. The van der Waals surface area contributed by atoms with E-state index in [1.54, 1.807) is 0 Å². The zero-order chi connectivity index (χ0) is 16.9. The lowest BCUT2D eigenvalue weighted by Gasteiger charge is -2.65.